The van der Waals surface area contributed by atoms with Gasteiger partial charge in [0.15, 0.2) is 6.10 Å². The van der Waals surface area contributed by atoms with Crippen LogP contribution in [0.1, 0.15) is 329 Å². The first-order chi connectivity index (χ1) is 40.0. The normalized spacial score (nSPS) is 12.8. The number of carbonyl (C=O) groups excluding carboxylic acids is 3. The van der Waals surface area contributed by atoms with E-state index in [-0.39, 0.29) is 31.1 Å². The molecule has 0 radical (unpaired) electrons. The minimum Gasteiger partial charge on any atom is -0.462 e. The molecule has 6 heteroatoms. The van der Waals surface area contributed by atoms with Gasteiger partial charge in [0.05, 0.1) is 0 Å². The van der Waals surface area contributed by atoms with Crippen molar-refractivity contribution in [1.82, 2.24) is 0 Å². The predicted octanol–water partition coefficient (Wildman–Crippen LogP) is 23.8. The van der Waals surface area contributed by atoms with Gasteiger partial charge in [-0.25, -0.2) is 0 Å². The fourth-order valence-corrected chi connectivity index (χ4v) is 9.67. The molecule has 1 unspecified atom stereocenters. The van der Waals surface area contributed by atoms with E-state index in [9.17, 15) is 14.4 Å². The lowest BCUT2D eigenvalue weighted by Gasteiger charge is -2.18. The molecule has 0 rings (SSSR count). The van der Waals surface area contributed by atoms with E-state index in [0.29, 0.717) is 19.3 Å². The molecule has 0 heterocycles. The number of rotatable bonds is 62. The highest BCUT2D eigenvalue weighted by molar-refractivity contribution is 5.71. The van der Waals surface area contributed by atoms with E-state index in [0.717, 1.165) is 122 Å². The first kappa shape index (κ1) is 77.1. The van der Waals surface area contributed by atoms with Crippen molar-refractivity contribution in [3.05, 3.63) is 109 Å². The van der Waals surface area contributed by atoms with Crippen molar-refractivity contribution in [2.24, 2.45) is 0 Å². The first-order valence-electron chi connectivity index (χ1n) is 34.4. The van der Waals surface area contributed by atoms with Crippen molar-refractivity contribution < 1.29 is 28.6 Å². The second-order valence-electron chi connectivity index (χ2n) is 22.7. The topological polar surface area (TPSA) is 78.9 Å². The van der Waals surface area contributed by atoms with Gasteiger partial charge >= 0.3 is 17.9 Å². The zero-order valence-electron chi connectivity index (χ0n) is 53.3. The fourth-order valence-electron chi connectivity index (χ4n) is 9.67. The Morgan fingerprint density at radius 2 is 0.481 bits per heavy atom. The van der Waals surface area contributed by atoms with Crippen molar-refractivity contribution in [2.45, 2.75) is 335 Å². The summed E-state index contributed by atoms with van der Waals surface area (Å²) in [7, 11) is 0. The van der Waals surface area contributed by atoms with E-state index >= 15 is 0 Å². The number of hydrogen-bond donors (Lipinski definition) is 0. The number of ether oxygens (including phenoxy) is 3. The van der Waals surface area contributed by atoms with Gasteiger partial charge in [-0.15, -0.1) is 0 Å². The molecule has 0 fully saturated rings. The van der Waals surface area contributed by atoms with Crippen molar-refractivity contribution in [2.75, 3.05) is 13.2 Å². The molecule has 6 nitrogen and oxygen atoms in total. The lowest BCUT2D eigenvalue weighted by molar-refractivity contribution is -0.167. The minimum absolute atomic E-state index is 0.0777. The van der Waals surface area contributed by atoms with Crippen LogP contribution in [0.4, 0.5) is 0 Å². The van der Waals surface area contributed by atoms with Gasteiger partial charge in [-0.3, -0.25) is 14.4 Å². The summed E-state index contributed by atoms with van der Waals surface area (Å²) in [6, 6.07) is 0. The second kappa shape index (κ2) is 68.6. The molecule has 464 valence electrons. The number of carbonyl (C=O) groups is 3. The third-order valence-electron chi connectivity index (χ3n) is 14.8. The average Bonchev–Trinajstić information content (AvgIpc) is 3.47. The Bertz CT molecular complexity index is 1620. The van der Waals surface area contributed by atoms with Crippen LogP contribution in [0.25, 0.3) is 0 Å². The van der Waals surface area contributed by atoms with E-state index < -0.39 is 6.10 Å². The van der Waals surface area contributed by atoms with Crippen LogP contribution in [-0.4, -0.2) is 37.2 Å². The van der Waals surface area contributed by atoms with Gasteiger partial charge < -0.3 is 14.2 Å². The Hall–Kier alpha value is -3.93. The summed E-state index contributed by atoms with van der Waals surface area (Å²) in [6.07, 6.45) is 94.2. The Morgan fingerprint density at radius 3 is 0.753 bits per heavy atom. The molecule has 0 saturated carbocycles. The van der Waals surface area contributed by atoms with Gasteiger partial charge in [-0.2, -0.15) is 0 Å². The molecule has 0 spiro atoms. The first-order valence-corrected chi connectivity index (χ1v) is 34.4. The summed E-state index contributed by atoms with van der Waals surface area (Å²) in [5.74, 6) is -0.883. The quantitative estimate of drug-likeness (QED) is 0.0261. The van der Waals surface area contributed by atoms with Gasteiger partial charge in [0.2, 0.25) is 0 Å². The van der Waals surface area contributed by atoms with Gasteiger partial charge in [0.25, 0.3) is 0 Å². The average molecular weight is 1130 g/mol. The molecule has 0 aliphatic rings. The lowest BCUT2D eigenvalue weighted by Crippen LogP contribution is -2.30. The van der Waals surface area contributed by atoms with Gasteiger partial charge in [-0.1, -0.05) is 329 Å². The van der Waals surface area contributed by atoms with Crippen LogP contribution in [0.2, 0.25) is 0 Å². The second-order valence-corrected chi connectivity index (χ2v) is 22.7. The molecule has 81 heavy (non-hydrogen) atoms. The highest BCUT2D eigenvalue weighted by atomic mass is 16.6. The molecule has 0 aliphatic heterocycles. The summed E-state index contributed by atoms with van der Waals surface area (Å²) < 4.78 is 16.9. The number of hydrogen-bond acceptors (Lipinski definition) is 6. The van der Waals surface area contributed by atoms with E-state index in [2.05, 4.69) is 130 Å². The molecule has 0 aromatic heterocycles. The highest BCUT2D eigenvalue weighted by Crippen LogP contribution is 2.17. The molecular formula is C75H128O6. The van der Waals surface area contributed by atoms with E-state index in [1.165, 1.54) is 167 Å². The van der Waals surface area contributed by atoms with Crippen LogP contribution in [0.3, 0.4) is 0 Å². The zero-order valence-corrected chi connectivity index (χ0v) is 53.3. The summed E-state index contributed by atoms with van der Waals surface area (Å²) >= 11 is 0. The van der Waals surface area contributed by atoms with Crippen LogP contribution < -0.4 is 0 Å². The van der Waals surface area contributed by atoms with Gasteiger partial charge in [-0.05, 0) is 89.9 Å². The standard InChI is InChI=1S/C75H128O6/c1-4-7-10-13-16-18-20-22-24-26-28-30-31-32-33-34-35-36-37-38-39-40-41-42-43-45-46-48-50-52-54-56-59-62-65-68-74(77)80-71-72(70-79-73(76)67-64-61-58-15-12-9-6-3)81-75(78)69-66-63-60-57-55-53-51-49-47-44-29-27-25-23-21-19-17-14-11-8-5-2/h7,10,16,18,22,24,28,30,32-33,35-36,38-39,41-42,45-46,72H,4-6,8-9,11-15,17,19-21,23,25-27,29,31,34,37,40,43-44,47-71H2,1-3H3/b10-7-,18-16-,24-22-,30-28-,33-32-,36-35-,39-38-,42-41-,46-45-. The van der Waals surface area contributed by atoms with Crippen LogP contribution in [0.5, 0.6) is 0 Å². The highest BCUT2D eigenvalue weighted by Gasteiger charge is 2.19. The largest absolute Gasteiger partial charge is 0.462 e. The van der Waals surface area contributed by atoms with Crippen LogP contribution >= 0.6 is 0 Å². The summed E-state index contributed by atoms with van der Waals surface area (Å²) in [5.41, 5.74) is 0. The van der Waals surface area contributed by atoms with Crippen molar-refractivity contribution in [3.8, 4) is 0 Å². The van der Waals surface area contributed by atoms with E-state index in [4.69, 9.17) is 14.2 Å². The van der Waals surface area contributed by atoms with Crippen LogP contribution in [-0.2, 0) is 28.6 Å². The van der Waals surface area contributed by atoms with Crippen LogP contribution in [0.15, 0.2) is 109 Å². The molecule has 0 aromatic rings. The monoisotopic (exact) mass is 1120 g/mol. The Balaban J connectivity index is 4.12. The fraction of sp³-hybridized carbons (Fsp3) is 0.720. The Kier molecular flexibility index (Phi) is 65.2. The number of allylic oxidation sites excluding steroid dienone is 18. The molecule has 0 aromatic carbocycles. The summed E-state index contributed by atoms with van der Waals surface area (Å²) in [5, 5.41) is 0. The van der Waals surface area contributed by atoms with E-state index in [1.54, 1.807) is 0 Å². The molecular weight excluding hydrogens is 997 g/mol. The van der Waals surface area contributed by atoms with Gasteiger partial charge in [0.1, 0.15) is 13.2 Å². The maximum absolute atomic E-state index is 12.9. The summed E-state index contributed by atoms with van der Waals surface area (Å²) in [4.78, 5) is 38.1. The molecule has 1 atom stereocenters. The van der Waals surface area contributed by atoms with E-state index in [1.807, 2.05) is 0 Å². The third kappa shape index (κ3) is 66.8. The van der Waals surface area contributed by atoms with Crippen LogP contribution in [0, 0.1) is 0 Å². The lowest BCUT2D eigenvalue weighted by atomic mass is 10.0. The predicted molar refractivity (Wildman–Crippen MR) is 353 cm³/mol. The van der Waals surface area contributed by atoms with Crippen molar-refractivity contribution in [1.29, 1.82) is 0 Å². The SMILES string of the molecule is CC/C=C\C/C=C\C/C=C\C/C=C\C/C=C\C/C=C\C/C=C\C/C=C\C/C=C\CCCCCCCCCC(=O)OCC(COC(=O)CCCCCCCCC)OC(=O)CCCCCCCCCCCCCCCCCCCCCCC. The third-order valence-corrected chi connectivity index (χ3v) is 14.8. The number of unbranched alkanes of at least 4 members (excludes halogenated alkanes) is 33. The molecule has 0 bridgehead atoms. The molecule has 0 aliphatic carbocycles. The smallest absolute Gasteiger partial charge is 0.306 e. The Morgan fingerprint density at radius 1 is 0.259 bits per heavy atom. The molecule has 0 saturated heterocycles. The number of esters is 3. The maximum atomic E-state index is 12.9. The molecule has 0 N–H and O–H groups in total. The van der Waals surface area contributed by atoms with Crippen molar-refractivity contribution >= 4 is 17.9 Å². The zero-order chi connectivity index (χ0) is 58.5. The Labute approximate surface area is 501 Å². The van der Waals surface area contributed by atoms with Gasteiger partial charge in [0, 0.05) is 19.3 Å². The maximum Gasteiger partial charge on any atom is 0.306 e. The minimum atomic E-state index is -0.779. The molecule has 0 amide bonds. The van der Waals surface area contributed by atoms with Crippen molar-refractivity contribution in [3.63, 3.8) is 0 Å². The summed E-state index contributed by atoms with van der Waals surface area (Å²) in [6.45, 7) is 6.51.